The van der Waals surface area contributed by atoms with Gasteiger partial charge in [-0.05, 0) is 18.2 Å². The lowest BCUT2D eigenvalue weighted by Crippen LogP contribution is -2.09. The van der Waals surface area contributed by atoms with Gasteiger partial charge in [0.2, 0.25) is 0 Å². The summed E-state index contributed by atoms with van der Waals surface area (Å²) in [6.07, 6.45) is 0. The van der Waals surface area contributed by atoms with E-state index in [1.165, 1.54) is 11.3 Å². The summed E-state index contributed by atoms with van der Waals surface area (Å²) in [7, 11) is 0. The van der Waals surface area contributed by atoms with Gasteiger partial charge in [-0.1, -0.05) is 11.6 Å². The molecule has 0 saturated heterocycles. The fourth-order valence-corrected chi connectivity index (χ4v) is 2.57. The molecule has 1 aromatic heterocycles. The molecule has 1 aromatic carbocycles. The number of carbonyl (C=O) groups excluding carboxylic acids is 1. The number of anilines is 3. The highest BCUT2D eigenvalue weighted by atomic mass is 35.5. The Balaban J connectivity index is 2.17. The maximum atomic E-state index is 11.8. The van der Waals surface area contributed by atoms with E-state index in [1.807, 2.05) is 10.8 Å². The van der Waals surface area contributed by atoms with Crippen LogP contribution in [0.4, 0.5) is 17.1 Å². The molecular formula is C11H7ClN2OS. The van der Waals surface area contributed by atoms with Gasteiger partial charge in [0.25, 0.3) is 5.91 Å². The molecule has 0 unspecified atom stereocenters. The summed E-state index contributed by atoms with van der Waals surface area (Å²) in [5, 5.41) is 10.4. The summed E-state index contributed by atoms with van der Waals surface area (Å²) < 4.78 is 0. The van der Waals surface area contributed by atoms with Crippen molar-refractivity contribution >= 4 is 45.9 Å². The number of benzene rings is 1. The number of carbonyl (C=O) groups is 1. The number of amides is 1. The van der Waals surface area contributed by atoms with Crippen molar-refractivity contribution in [3.05, 3.63) is 39.5 Å². The van der Waals surface area contributed by atoms with Crippen LogP contribution in [0.25, 0.3) is 0 Å². The molecule has 1 aliphatic heterocycles. The lowest BCUT2D eigenvalue weighted by Gasteiger charge is -2.07. The zero-order valence-corrected chi connectivity index (χ0v) is 9.65. The van der Waals surface area contributed by atoms with Crippen LogP contribution in [0, 0.1) is 0 Å². The Morgan fingerprint density at radius 3 is 2.81 bits per heavy atom. The summed E-state index contributed by atoms with van der Waals surface area (Å²) in [6, 6.07) is 5.34. The minimum atomic E-state index is -0.0928. The predicted molar refractivity (Wildman–Crippen MR) is 67.0 cm³/mol. The van der Waals surface area contributed by atoms with E-state index < -0.39 is 0 Å². The molecule has 0 fully saturated rings. The average molecular weight is 251 g/mol. The Morgan fingerprint density at radius 1 is 1.06 bits per heavy atom. The molecule has 0 aliphatic carbocycles. The number of rotatable bonds is 0. The Morgan fingerprint density at radius 2 is 1.94 bits per heavy atom. The van der Waals surface area contributed by atoms with E-state index in [0.717, 1.165) is 17.1 Å². The minimum Gasteiger partial charge on any atom is -0.352 e. The van der Waals surface area contributed by atoms with E-state index in [2.05, 4.69) is 10.6 Å². The fraction of sp³-hybridized carbons (Fsp3) is 0. The first kappa shape index (κ1) is 9.69. The van der Waals surface area contributed by atoms with E-state index in [9.17, 15) is 4.79 Å². The van der Waals surface area contributed by atoms with Crippen molar-refractivity contribution in [1.82, 2.24) is 0 Å². The van der Waals surface area contributed by atoms with Crippen LogP contribution in [0.5, 0.6) is 0 Å². The molecule has 16 heavy (non-hydrogen) atoms. The number of hydrogen-bond acceptors (Lipinski definition) is 3. The second-order valence-electron chi connectivity index (χ2n) is 3.47. The topological polar surface area (TPSA) is 41.1 Å². The second-order valence-corrected chi connectivity index (χ2v) is 4.65. The Bertz CT molecular complexity index is 579. The van der Waals surface area contributed by atoms with Gasteiger partial charge in [0.05, 0.1) is 22.6 Å². The summed E-state index contributed by atoms with van der Waals surface area (Å²) in [5.74, 6) is -0.0928. The SMILES string of the molecule is O=C1Nc2ccc(Cl)cc2Nc2cscc21. The predicted octanol–water partition coefficient (Wildman–Crippen LogP) is 3.71. The summed E-state index contributed by atoms with van der Waals surface area (Å²) in [4.78, 5) is 11.8. The van der Waals surface area contributed by atoms with Gasteiger partial charge in [-0.15, -0.1) is 11.3 Å². The molecule has 2 aromatic rings. The van der Waals surface area contributed by atoms with Crippen molar-refractivity contribution < 1.29 is 4.79 Å². The van der Waals surface area contributed by atoms with Crippen LogP contribution < -0.4 is 10.6 Å². The van der Waals surface area contributed by atoms with Gasteiger partial charge in [-0.3, -0.25) is 4.79 Å². The van der Waals surface area contributed by atoms with Gasteiger partial charge < -0.3 is 10.6 Å². The van der Waals surface area contributed by atoms with Gasteiger partial charge in [-0.25, -0.2) is 0 Å². The zero-order chi connectivity index (χ0) is 11.1. The largest absolute Gasteiger partial charge is 0.352 e. The molecule has 5 heteroatoms. The van der Waals surface area contributed by atoms with Gasteiger partial charge in [0.15, 0.2) is 0 Å². The van der Waals surface area contributed by atoms with Crippen molar-refractivity contribution in [3.8, 4) is 0 Å². The van der Waals surface area contributed by atoms with Crippen LogP contribution in [0.3, 0.4) is 0 Å². The first-order valence-electron chi connectivity index (χ1n) is 4.68. The van der Waals surface area contributed by atoms with Crippen LogP contribution in [0.1, 0.15) is 10.4 Å². The maximum absolute atomic E-state index is 11.8. The molecule has 0 spiro atoms. The minimum absolute atomic E-state index is 0.0928. The Labute approximate surface area is 101 Å². The smallest absolute Gasteiger partial charge is 0.258 e. The first-order valence-corrected chi connectivity index (χ1v) is 6.00. The number of fused-ring (bicyclic) bond motifs is 2. The first-order chi connectivity index (χ1) is 7.74. The highest BCUT2D eigenvalue weighted by Crippen LogP contribution is 2.35. The van der Waals surface area contributed by atoms with E-state index >= 15 is 0 Å². The second kappa shape index (κ2) is 3.50. The third-order valence-corrected chi connectivity index (χ3v) is 3.38. The van der Waals surface area contributed by atoms with Gasteiger partial charge in [0, 0.05) is 15.8 Å². The molecule has 80 valence electrons. The number of nitrogens with one attached hydrogen (secondary N) is 2. The van der Waals surface area contributed by atoms with E-state index in [1.54, 1.807) is 18.2 Å². The normalized spacial score (nSPS) is 13.2. The third kappa shape index (κ3) is 1.47. The molecule has 3 rings (SSSR count). The van der Waals surface area contributed by atoms with Crippen LogP contribution in [-0.4, -0.2) is 5.91 Å². The molecule has 0 atom stereocenters. The van der Waals surface area contributed by atoms with Crippen molar-refractivity contribution in [2.45, 2.75) is 0 Å². The maximum Gasteiger partial charge on any atom is 0.258 e. The van der Waals surface area contributed by atoms with Gasteiger partial charge in [0.1, 0.15) is 0 Å². The molecule has 2 N–H and O–H groups in total. The van der Waals surface area contributed by atoms with Crippen molar-refractivity contribution in [3.63, 3.8) is 0 Å². The van der Waals surface area contributed by atoms with Crippen molar-refractivity contribution in [2.75, 3.05) is 10.6 Å². The Kier molecular flexibility index (Phi) is 2.12. The van der Waals surface area contributed by atoms with Crippen molar-refractivity contribution in [2.24, 2.45) is 0 Å². The molecule has 2 heterocycles. The third-order valence-electron chi connectivity index (χ3n) is 2.41. The molecule has 1 amide bonds. The van der Waals surface area contributed by atoms with E-state index in [4.69, 9.17) is 11.6 Å². The fourth-order valence-electron chi connectivity index (χ4n) is 1.63. The molecule has 0 radical (unpaired) electrons. The molecule has 1 aliphatic rings. The van der Waals surface area contributed by atoms with Gasteiger partial charge >= 0.3 is 0 Å². The Hall–Kier alpha value is -1.52. The van der Waals surface area contributed by atoms with Crippen LogP contribution in [0.15, 0.2) is 29.0 Å². The van der Waals surface area contributed by atoms with Crippen LogP contribution >= 0.6 is 22.9 Å². The molecular weight excluding hydrogens is 244 g/mol. The number of hydrogen-bond donors (Lipinski definition) is 2. The van der Waals surface area contributed by atoms with Gasteiger partial charge in [-0.2, -0.15) is 0 Å². The quantitative estimate of drug-likeness (QED) is 0.748. The molecule has 0 saturated carbocycles. The summed E-state index contributed by atoms with van der Waals surface area (Å²) >= 11 is 7.41. The molecule has 3 nitrogen and oxygen atoms in total. The average Bonchev–Trinajstić information content (AvgIpc) is 2.65. The highest BCUT2D eigenvalue weighted by Gasteiger charge is 2.19. The zero-order valence-electron chi connectivity index (χ0n) is 8.08. The lowest BCUT2D eigenvalue weighted by molar-refractivity contribution is 0.102. The van der Waals surface area contributed by atoms with Crippen LogP contribution in [0.2, 0.25) is 5.02 Å². The van der Waals surface area contributed by atoms with Crippen molar-refractivity contribution in [1.29, 1.82) is 0 Å². The molecule has 0 bridgehead atoms. The standard InChI is InChI=1S/C11H7ClN2OS/c12-6-1-2-8-9(3-6)13-10-5-16-4-7(10)11(15)14-8/h1-5,13H,(H,14,15). The monoisotopic (exact) mass is 250 g/mol. The highest BCUT2D eigenvalue weighted by molar-refractivity contribution is 7.08. The number of halogens is 1. The summed E-state index contributed by atoms with van der Waals surface area (Å²) in [6.45, 7) is 0. The van der Waals surface area contributed by atoms with E-state index in [0.29, 0.717) is 10.6 Å². The number of thiophene rings is 1. The van der Waals surface area contributed by atoms with Crippen LogP contribution in [-0.2, 0) is 0 Å². The summed E-state index contributed by atoms with van der Waals surface area (Å²) in [5.41, 5.74) is 3.05. The van der Waals surface area contributed by atoms with E-state index in [-0.39, 0.29) is 5.91 Å². The lowest BCUT2D eigenvalue weighted by atomic mass is 10.2.